The third-order valence-corrected chi connectivity index (χ3v) is 4.14. The predicted molar refractivity (Wildman–Crippen MR) is 86.1 cm³/mol. The summed E-state index contributed by atoms with van der Waals surface area (Å²) in [4.78, 5) is 37.3. The number of carbonyl (C=O) groups excluding carboxylic acids is 2. The van der Waals surface area contributed by atoms with E-state index in [0.29, 0.717) is 11.1 Å². The number of carboxylic acids is 1. The molecule has 1 aliphatic rings. The molecule has 3 rings (SSSR count). The lowest BCUT2D eigenvalue weighted by atomic mass is 10.0. The van der Waals surface area contributed by atoms with Crippen LogP contribution in [0.1, 0.15) is 37.9 Å². The Balaban J connectivity index is 2.06. The molecule has 7 nitrogen and oxygen atoms in total. The average Bonchev–Trinajstić information content (AvgIpc) is 2.93. The van der Waals surface area contributed by atoms with Gasteiger partial charge in [0.05, 0.1) is 12.7 Å². The first-order valence-corrected chi connectivity index (χ1v) is 7.47. The van der Waals surface area contributed by atoms with E-state index in [0.717, 1.165) is 4.90 Å². The molecule has 2 aromatic carbocycles. The zero-order valence-corrected chi connectivity index (χ0v) is 13.3. The Morgan fingerprint density at radius 1 is 1.20 bits per heavy atom. The van der Waals surface area contributed by atoms with Crippen molar-refractivity contribution in [3.63, 3.8) is 0 Å². The van der Waals surface area contributed by atoms with Gasteiger partial charge in [0.25, 0.3) is 5.91 Å². The van der Waals surface area contributed by atoms with E-state index in [4.69, 9.17) is 0 Å². The van der Waals surface area contributed by atoms with E-state index in [1.165, 1.54) is 25.3 Å². The molecule has 0 aliphatic carbocycles. The molecule has 1 unspecified atom stereocenters. The van der Waals surface area contributed by atoms with Gasteiger partial charge >= 0.3 is 11.9 Å². The molecule has 2 aromatic rings. The first kappa shape index (κ1) is 16.5. The summed E-state index contributed by atoms with van der Waals surface area (Å²) >= 11 is 0. The summed E-state index contributed by atoms with van der Waals surface area (Å²) < 4.78 is 4.62. The van der Waals surface area contributed by atoms with Gasteiger partial charge in [-0.15, -0.1) is 0 Å². The average molecular weight is 341 g/mol. The first-order valence-electron chi connectivity index (χ1n) is 7.47. The number of amides is 1. The highest BCUT2D eigenvalue weighted by atomic mass is 16.5. The number of nitrogens with zero attached hydrogens (tertiary/aromatic N) is 1. The number of methoxy groups -OCH3 is 1. The van der Waals surface area contributed by atoms with Crippen molar-refractivity contribution in [1.29, 1.82) is 0 Å². The molecule has 0 saturated heterocycles. The van der Waals surface area contributed by atoms with Crippen molar-refractivity contribution in [2.45, 2.75) is 12.6 Å². The maximum atomic E-state index is 12.6. The minimum absolute atomic E-state index is 0.0449. The number of aliphatic carboxylic acids is 1. The summed E-state index contributed by atoms with van der Waals surface area (Å²) in [6, 6.07) is 9.18. The fourth-order valence-corrected chi connectivity index (χ4v) is 2.94. The molecular formula is C18H15NO6. The smallest absolute Gasteiger partial charge is 0.337 e. The summed E-state index contributed by atoms with van der Waals surface area (Å²) in [5.41, 5.74) is 1.18. The van der Waals surface area contributed by atoms with Gasteiger partial charge in [-0.2, -0.15) is 0 Å². The summed E-state index contributed by atoms with van der Waals surface area (Å²) in [6.45, 7) is 0.105. The van der Waals surface area contributed by atoms with Crippen molar-refractivity contribution < 1.29 is 29.3 Å². The van der Waals surface area contributed by atoms with Crippen LogP contribution in [0.3, 0.4) is 0 Å². The Labute approximate surface area is 143 Å². The van der Waals surface area contributed by atoms with E-state index in [1.54, 1.807) is 24.3 Å². The molecule has 128 valence electrons. The zero-order valence-electron chi connectivity index (χ0n) is 13.3. The van der Waals surface area contributed by atoms with E-state index in [2.05, 4.69) is 4.74 Å². The monoisotopic (exact) mass is 341 g/mol. The molecule has 1 atom stereocenters. The van der Waals surface area contributed by atoms with Crippen LogP contribution in [-0.2, 0) is 16.1 Å². The van der Waals surface area contributed by atoms with Gasteiger partial charge in [0.2, 0.25) is 0 Å². The molecule has 0 aromatic heterocycles. The molecule has 0 saturated carbocycles. The van der Waals surface area contributed by atoms with Crippen LogP contribution in [0.5, 0.6) is 5.75 Å². The quantitative estimate of drug-likeness (QED) is 0.824. The number of benzene rings is 2. The summed E-state index contributed by atoms with van der Waals surface area (Å²) in [5, 5.41) is 19.8. The maximum absolute atomic E-state index is 12.6. The second kappa shape index (κ2) is 6.27. The normalized spacial score (nSPS) is 14.1. The van der Waals surface area contributed by atoms with Crippen LogP contribution in [0.4, 0.5) is 0 Å². The Morgan fingerprint density at radius 2 is 1.92 bits per heavy atom. The number of esters is 1. The summed E-state index contributed by atoms with van der Waals surface area (Å²) in [6.07, 6.45) is 0. The van der Waals surface area contributed by atoms with Crippen LogP contribution >= 0.6 is 0 Å². The van der Waals surface area contributed by atoms with Crippen LogP contribution in [0, 0.1) is 0 Å². The van der Waals surface area contributed by atoms with Gasteiger partial charge < -0.3 is 19.8 Å². The highest BCUT2D eigenvalue weighted by molar-refractivity contribution is 6.01. The fourth-order valence-electron chi connectivity index (χ4n) is 2.94. The molecule has 1 heterocycles. The number of ether oxygens (including phenoxy) is 1. The fraction of sp³-hybridized carbons (Fsp3) is 0.167. The Morgan fingerprint density at radius 3 is 2.56 bits per heavy atom. The number of phenols is 1. The van der Waals surface area contributed by atoms with Crippen molar-refractivity contribution in [2.75, 3.05) is 7.11 Å². The van der Waals surface area contributed by atoms with E-state index >= 15 is 0 Å². The predicted octanol–water partition coefficient (Wildman–Crippen LogP) is 1.96. The van der Waals surface area contributed by atoms with E-state index in [9.17, 15) is 24.6 Å². The Bertz CT molecular complexity index is 876. The number of rotatable bonds is 4. The largest absolute Gasteiger partial charge is 0.508 e. The summed E-state index contributed by atoms with van der Waals surface area (Å²) in [7, 11) is 1.20. The third-order valence-electron chi connectivity index (χ3n) is 4.14. The number of aromatic hydroxyl groups is 1. The van der Waals surface area contributed by atoms with E-state index in [1.807, 2.05) is 0 Å². The molecule has 0 spiro atoms. The number of phenolic OH excluding ortho intramolecular Hbond substituents is 1. The SMILES string of the molecule is COC(=O)c1ccc(O)c(C(C(=O)O)N2Cc3ccccc3C2=O)c1. The van der Waals surface area contributed by atoms with Crippen LogP contribution in [-0.4, -0.2) is 40.1 Å². The minimum Gasteiger partial charge on any atom is -0.508 e. The summed E-state index contributed by atoms with van der Waals surface area (Å²) in [5.74, 6) is -2.73. The molecule has 2 N–H and O–H groups in total. The highest BCUT2D eigenvalue weighted by Gasteiger charge is 2.38. The number of fused-ring (bicyclic) bond motifs is 1. The lowest BCUT2D eigenvalue weighted by Gasteiger charge is -2.25. The Kier molecular flexibility index (Phi) is 4.14. The molecular weight excluding hydrogens is 326 g/mol. The first-order chi connectivity index (χ1) is 11.9. The second-order valence-electron chi connectivity index (χ2n) is 5.60. The van der Waals surface area contributed by atoms with Gasteiger partial charge in [-0.1, -0.05) is 18.2 Å². The topological polar surface area (TPSA) is 104 Å². The lowest BCUT2D eigenvalue weighted by Crippen LogP contribution is -2.34. The van der Waals surface area contributed by atoms with Crippen LogP contribution in [0.2, 0.25) is 0 Å². The standard InChI is InChI=1S/C18H15NO6/c1-25-18(24)10-6-7-14(20)13(8-10)15(17(22)23)19-9-11-4-2-3-5-12(11)16(19)21/h2-8,15,20H,9H2,1H3,(H,22,23). The van der Waals surface area contributed by atoms with Crippen LogP contribution in [0.15, 0.2) is 42.5 Å². The van der Waals surface area contributed by atoms with Crippen molar-refractivity contribution in [2.24, 2.45) is 0 Å². The molecule has 1 amide bonds. The van der Waals surface area contributed by atoms with E-state index < -0.39 is 23.9 Å². The molecule has 1 aliphatic heterocycles. The second-order valence-corrected chi connectivity index (χ2v) is 5.60. The third kappa shape index (κ3) is 2.80. The zero-order chi connectivity index (χ0) is 18.1. The van der Waals surface area contributed by atoms with Gasteiger partial charge in [0.1, 0.15) is 5.75 Å². The molecule has 25 heavy (non-hydrogen) atoms. The van der Waals surface area contributed by atoms with Gasteiger partial charge in [-0.3, -0.25) is 4.79 Å². The number of hydrogen-bond donors (Lipinski definition) is 2. The van der Waals surface area contributed by atoms with Crippen molar-refractivity contribution in [1.82, 2.24) is 4.90 Å². The van der Waals surface area contributed by atoms with Gasteiger partial charge in [0, 0.05) is 17.7 Å². The number of carbonyl (C=O) groups is 3. The van der Waals surface area contributed by atoms with E-state index in [-0.39, 0.29) is 23.4 Å². The molecule has 0 fully saturated rings. The van der Waals surface area contributed by atoms with Gasteiger partial charge in [0.15, 0.2) is 6.04 Å². The van der Waals surface area contributed by atoms with Crippen molar-refractivity contribution >= 4 is 17.8 Å². The molecule has 0 bridgehead atoms. The molecule has 0 radical (unpaired) electrons. The maximum Gasteiger partial charge on any atom is 0.337 e. The van der Waals surface area contributed by atoms with Crippen LogP contribution in [0.25, 0.3) is 0 Å². The van der Waals surface area contributed by atoms with Crippen molar-refractivity contribution in [3.8, 4) is 5.75 Å². The minimum atomic E-state index is -1.43. The van der Waals surface area contributed by atoms with Crippen molar-refractivity contribution in [3.05, 3.63) is 64.7 Å². The van der Waals surface area contributed by atoms with Gasteiger partial charge in [-0.25, -0.2) is 9.59 Å². The highest BCUT2D eigenvalue weighted by Crippen LogP contribution is 2.35. The lowest BCUT2D eigenvalue weighted by molar-refractivity contribution is -0.142. The Hall–Kier alpha value is -3.35. The number of hydrogen-bond acceptors (Lipinski definition) is 5. The molecule has 7 heteroatoms. The number of carboxylic acid groups (broad SMARTS) is 1. The van der Waals surface area contributed by atoms with Gasteiger partial charge in [-0.05, 0) is 29.8 Å². The van der Waals surface area contributed by atoms with Crippen LogP contribution < -0.4 is 0 Å².